The molecular weight excluding hydrogens is 431 g/mol. The van der Waals surface area contributed by atoms with Crippen molar-refractivity contribution in [3.63, 3.8) is 0 Å². The van der Waals surface area contributed by atoms with Gasteiger partial charge < -0.3 is 4.57 Å². The summed E-state index contributed by atoms with van der Waals surface area (Å²) >= 11 is 0. The molecule has 1 N–H and O–H groups in total. The number of para-hydroxylation sites is 4. The molecule has 0 spiro atoms. The number of hydrogen-bond donors (Lipinski definition) is 1. The summed E-state index contributed by atoms with van der Waals surface area (Å²) in [7, 11) is 0. The second-order valence-electron chi connectivity index (χ2n) is 9.29. The van der Waals surface area contributed by atoms with Crippen LogP contribution in [0.4, 0.5) is 10.1 Å². The molecule has 6 nitrogen and oxygen atoms in total. The van der Waals surface area contributed by atoms with E-state index in [2.05, 4.69) is 31.3 Å². The lowest BCUT2D eigenvalue weighted by atomic mass is 9.92. The number of aromatic nitrogens is 2. The molecule has 0 aliphatic heterocycles. The van der Waals surface area contributed by atoms with Crippen LogP contribution in [-0.2, 0) is 6.54 Å². The van der Waals surface area contributed by atoms with Gasteiger partial charge >= 0.3 is 0 Å². The minimum Gasteiger partial charge on any atom is -0.305 e. The average Bonchev–Trinajstić information content (AvgIpc) is 2.89. The maximum absolute atomic E-state index is 14.9. The Kier molecular flexibility index (Phi) is 6.45. The van der Waals surface area contributed by atoms with E-state index in [-0.39, 0.29) is 16.5 Å². The lowest BCUT2D eigenvalue weighted by molar-refractivity contribution is 0.350. The average molecular weight is 459 g/mol. The molecule has 0 radical (unpaired) electrons. The van der Waals surface area contributed by atoms with Gasteiger partial charge in [0, 0.05) is 6.54 Å². The number of fused-ring (bicyclic) bond motifs is 1. The lowest BCUT2D eigenvalue weighted by Crippen LogP contribution is -2.45. The zero-order valence-corrected chi connectivity index (χ0v) is 19.5. The summed E-state index contributed by atoms with van der Waals surface area (Å²) in [4.78, 5) is 27.5. The van der Waals surface area contributed by atoms with Gasteiger partial charge in [0.1, 0.15) is 5.82 Å². The van der Waals surface area contributed by atoms with Crippen molar-refractivity contribution in [2.75, 3.05) is 5.43 Å². The molecule has 7 heteroatoms. The van der Waals surface area contributed by atoms with Gasteiger partial charge in [-0.1, -0.05) is 63.2 Å². The summed E-state index contributed by atoms with van der Waals surface area (Å²) in [6.45, 7) is 6.64. The molecule has 0 aliphatic rings. The summed E-state index contributed by atoms with van der Waals surface area (Å²) in [6, 6.07) is 22.1. The Balaban J connectivity index is 2.12. The van der Waals surface area contributed by atoms with Crippen LogP contribution in [0.1, 0.15) is 27.2 Å². The summed E-state index contributed by atoms with van der Waals surface area (Å²) in [6.07, 6.45) is 0.695. The number of anilines is 1. The van der Waals surface area contributed by atoms with Crippen LogP contribution in [0.15, 0.2) is 93.6 Å². The van der Waals surface area contributed by atoms with Gasteiger partial charge in [0.15, 0.2) is 0 Å². The maximum Gasteiger partial charge on any atom is 0.289 e. The van der Waals surface area contributed by atoms with Gasteiger partial charge in [-0.15, -0.1) is 0 Å². The Morgan fingerprint density at radius 1 is 0.824 bits per heavy atom. The Bertz CT molecular complexity index is 1520. The van der Waals surface area contributed by atoms with Gasteiger partial charge in [-0.05, 0) is 48.2 Å². The first-order valence-corrected chi connectivity index (χ1v) is 11.1. The second-order valence-corrected chi connectivity index (χ2v) is 9.29. The minimum absolute atomic E-state index is 0.0453. The zero-order chi connectivity index (χ0) is 24.3. The van der Waals surface area contributed by atoms with E-state index in [1.165, 1.54) is 16.7 Å². The summed E-state index contributed by atoms with van der Waals surface area (Å²) < 4.78 is 17.7. The first kappa shape index (κ1) is 23.2. The van der Waals surface area contributed by atoms with E-state index in [1.807, 2.05) is 18.2 Å². The van der Waals surface area contributed by atoms with Gasteiger partial charge in [-0.2, -0.15) is 5.10 Å². The highest BCUT2D eigenvalue weighted by Crippen LogP contribution is 2.21. The van der Waals surface area contributed by atoms with E-state index in [1.54, 1.807) is 53.1 Å². The van der Waals surface area contributed by atoms with Gasteiger partial charge in [-0.3, -0.25) is 19.6 Å². The summed E-state index contributed by atoms with van der Waals surface area (Å²) in [5, 5.41) is 3.90. The fourth-order valence-corrected chi connectivity index (χ4v) is 3.70. The van der Waals surface area contributed by atoms with Gasteiger partial charge in [-0.25, -0.2) is 4.39 Å². The van der Waals surface area contributed by atoms with E-state index in [0.717, 1.165) is 0 Å². The molecule has 0 atom stereocenters. The van der Waals surface area contributed by atoms with Crippen molar-refractivity contribution >= 4 is 16.7 Å². The van der Waals surface area contributed by atoms with Crippen molar-refractivity contribution in [3.8, 4) is 5.69 Å². The molecule has 0 saturated heterocycles. The molecule has 0 aliphatic carbocycles. The Morgan fingerprint density at radius 3 is 2.12 bits per heavy atom. The molecule has 4 aromatic rings. The number of hydrogen-bond acceptors (Lipinski definition) is 4. The molecule has 4 rings (SSSR count). The molecule has 0 unspecified atom stereocenters. The SMILES string of the molecule is CC(C)(C)CCn1c(=O)c(=NNc2ccccc2)c(=O)n(-c2ccccc2F)c2ccccc21. The van der Waals surface area contributed by atoms with Crippen molar-refractivity contribution in [1.29, 1.82) is 0 Å². The van der Waals surface area contributed by atoms with Gasteiger partial charge in [0.25, 0.3) is 11.1 Å². The Morgan fingerprint density at radius 2 is 1.44 bits per heavy atom. The van der Waals surface area contributed by atoms with Crippen molar-refractivity contribution in [2.45, 2.75) is 33.7 Å². The molecule has 1 heterocycles. The smallest absolute Gasteiger partial charge is 0.289 e. The van der Waals surface area contributed by atoms with Gasteiger partial charge in [0.05, 0.1) is 22.4 Å². The van der Waals surface area contributed by atoms with Crippen LogP contribution < -0.4 is 21.9 Å². The summed E-state index contributed by atoms with van der Waals surface area (Å²) in [5.41, 5.74) is 3.14. The third-order valence-corrected chi connectivity index (χ3v) is 5.52. The number of nitrogens with one attached hydrogen (secondary N) is 1. The standard InChI is InChI=1S/C27H27FN4O2/c1-27(2,3)17-18-31-22-15-9-10-16-23(22)32(21-14-8-7-13-20(21)28)26(34)24(25(31)33)30-29-19-11-5-4-6-12-19/h4-16,29H,17-18H2,1-3H3. The highest BCUT2D eigenvalue weighted by Gasteiger charge is 2.17. The Labute approximate surface area is 196 Å². The van der Waals surface area contributed by atoms with Crippen LogP contribution >= 0.6 is 0 Å². The molecule has 0 bridgehead atoms. The minimum atomic E-state index is -0.704. The van der Waals surface area contributed by atoms with E-state index in [4.69, 9.17) is 0 Å². The van der Waals surface area contributed by atoms with Crippen LogP contribution in [0.2, 0.25) is 0 Å². The molecule has 0 fully saturated rings. The van der Waals surface area contributed by atoms with Crippen LogP contribution in [0, 0.1) is 11.2 Å². The number of nitrogens with zero attached hydrogens (tertiary/aromatic N) is 3. The van der Waals surface area contributed by atoms with E-state index in [0.29, 0.717) is 29.7 Å². The lowest BCUT2D eigenvalue weighted by Gasteiger charge is -2.19. The number of benzene rings is 3. The first-order valence-electron chi connectivity index (χ1n) is 11.1. The van der Waals surface area contributed by atoms with Crippen molar-refractivity contribution in [1.82, 2.24) is 9.13 Å². The maximum atomic E-state index is 14.9. The summed E-state index contributed by atoms with van der Waals surface area (Å²) in [5.74, 6) is -0.573. The zero-order valence-electron chi connectivity index (χ0n) is 19.5. The molecule has 34 heavy (non-hydrogen) atoms. The van der Waals surface area contributed by atoms with E-state index in [9.17, 15) is 14.0 Å². The fourth-order valence-electron chi connectivity index (χ4n) is 3.70. The largest absolute Gasteiger partial charge is 0.305 e. The second kappa shape index (κ2) is 9.47. The van der Waals surface area contributed by atoms with Crippen LogP contribution in [-0.4, -0.2) is 9.13 Å². The number of rotatable bonds is 5. The number of aryl methyl sites for hydroxylation is 1. The molecule has 1 aromatic heterocycles. The third-order valence-electron chi connectivity index (χ3n) is 5.52. The van der Waals surface area contributed by atoms with Crippen LogP contribution in [0.5, 0.6) is 0 Å². The normalized spacial score (nSPS) is 12.2. The highest BCUT2D eigenvalue weighted by atomic mass is 19.1. The topological polar surface area (TPSA) is 68.4 Å². The quantitative estimate of drug-likeness (QED) is 0.443. The first-order chi connectivity index (χ1) is 16.3. The van der Waals surface area contributed by atoms with E-state index < -0.39 is 16.9 Å². The molecule has 0 saturated carbocycles. The molecule has 174 valence electrons. The van der Waals surface area contributed by atoms with Crippen molar-refractivity contribution in [2.24, 2.45) is 10.5 Å². The molecular formula is C27H27FN4O2. The number of halogens is 1. The fraction of sp³-hybridized carbons (Fsp3) is 0.222. The predicted molar refractivity (Wildman–Crippen MR) is 133 cm³/mol. The van der Waals surface area contributed by atoms with Crippen molar-refractivity contribution < 1.29 is 4.39 Å². The highest BCUT2D eigenvalue weighted by molar-refractivity contribution is 5.76. The molecule has 0 amide bonds. The molecule has 3 aromatic carbocycles. The van der Waals surface area contributed by atoms with Crippen molar-refractivity contribution in [3.05, 3.63) is 111 Å². The third kappa shape index (κ3) is 4.83. The predicted octanol–water partition coefficient (Wildman–Crippen LogP) is 4.66. The van der Waals surface area contributed by atoms with Crippen LogP contribution in [0.3, 0.4) is 0 Å². The van der Waals surface area contributed by atoms with E-state index >= 15 is 0 Å². The Hall–Kier alpha value is -4.00. The monoisotopic (exact) mass is 458 g/mol. The van der Waals surface area contributed by atoms with Crippen LogP contribution in [0.25, 0.3) is 16.7 Å². The van der Waals surface area contributed by atoms with Gasteiger partial charge in [0.2, 0.25) is 5.36 Å².